The van der Waals surface area contributed by atoms with Crippen molar-refractivity contribution in [1.29, 1.82) is 0 Å². The molecule has 0 saturated carbocycles. The van der Waals surface area contributed by atoms with Crippen molar-refractivity contribution in [2.24, 2.45) is 0 Å². The maximum absolute atomic E-state index is 12.9. The van der Waals surface area contributed by atoms with Gasteiger partial charge in [0.25, 0.3) is 0 Å². The second-order valence-corrected chi connectivity index (χ2v) is 7.05. The van der Waals surface area contributed by atoms with E-state index in [2.05, 4.69) is 4.98 Å². The zero-order valence-corrected chi connectivity index (χ0v) is 16.8. The quantitative estimate of drug-likeness (QED) is 0.364. The molecular weight excluding hydrogens is 417 g/mol. The number of ether oxygens (including phenoxy) is 2. The fourth-order valence-corrected chi connectivity index (χ4v) is 3.08. The molecular formula is C25H19F3N2O2. The van der Waals surface area contributed by atoms with Crippen LogP contribution >= 0.6 is 0 Å². The number of nitrogens with zero attached hydrogens (tertiary/aromatic N) is 1. The van der Waals surface area contributed by atoms with Crippen LogP contribution < -0.4 is 15.2 Å². The van der Waals surface area contributed by atoms with Gasteiger partial charge in [-0.3, -0.25) is 0 Å². The van der Waals surface area contributed by atoms with Gasteiger partial charge in [0.2, 0.25) is 5.88 Å². The van der Waals surface area contributed by atoms with Crippen molar-refractivity contribution in [1.82, 2.24) is 4.98 Å². The predicted octanol–water partition coefficient (Wildman–Crippen LogP) is 6.72. The Labute approximate surface area is 183 Å². The van der Waals surface area contributed by atoms with Crippen LogP contribution in [-0.4, -0.2) is 4.98 Å². The van der Waals surface area contributed by atoms with Crippen LogP contribution in [0.5, 0.6) is 17.4 Å². The van der Waals surface area contributed by atoms with Crippen LogP contribution in [0.15, 0.2) is 91.1 Å². The molecule has 162 valence electrons. The summed E-state index contributed by atoms with van der Waals surface area (Å²) in [6, 6.07) is 23.2. The van der Waals surface area contributed by atoms with Gasteiger partial charge in [0.1, 0.15) is 18.1 Å². The first kappa shape index (κ1) is 21.2. The van der Waals surface area contributed by atoms with Crippen LogP contribution in [0.1, 0.15) is 11.1 Å². The molecule has 0 radical (unpaired) electrons. The van der Waals surface area contributed by atoms with Crippen LogP contribution in [-0.2, 0) is 12.8 Å². The van der Waals surface area contributed by atoms with Crippen LogP contribution in [0.25, 0.3) is 11.1 Å². The Kier molecular flexibility index (Phi) is 5.98. The van der Waals surface area contributed by atoms with E-state index in [1.807, 2.05) is 24.3 Å². The van der Waals surface area contributed by atoms with E-state index in [0.717, 1.165) is 23.3 Å². The summed E-state index contributed by atoms with van der Waals surface area (Å²) >= 11 is 0. The summed E-state index contributed by atoms with van der Waals surface area (Å²) in [5.41, 5.74) is 7.78. The molecule has 0 aliphatic carbocycles. The molecule has 4 nitrogen and oxygen atoms in total. The van der Waals surface area contributed by atoms with Crippen molar-refractivity contribution in [2.75, 3.05) is 5.73 Å². The van der Waals surface area contributed by atoms with Crippen molar-refractivity contribution in [2.45, 2.75) is 12.8 Å². The largest absolute Gasteiger partial charge is 0.489 e. The Morgan fingerprint density at radius 2 is 1.53 bits per heavy atom. The third-order valence-electron chi connectivity index (χ3n) is 4.66. The average Bonchev–Trinajstić information content (AvgIpc) is 2.79. The molecule has 32 heavy (non-hydrogen) atoms. The minimum Gasteiger partial charge on any atom is -0.489 e. The van der Waals surface area contributed by atoms with Gasteiger partial charge in [-0.1, -0.05) is 42.5 Å². The van der Waals surface area contributed by atoms with Crippen molar-refractivity contribution < 1.29 is 22.6 Å². The molecule has 0 saturated heterocycles. The van der Waals surface area contributed by atoms with Gasteiger partial charge in [-0.25, -0.2) is 4.98 Å². The molecule has 3 aromatic carbocycles. The first-order chi connectivity index (χ1) is 15.4. The second kappa shape index (κ2) is 9.01. The molecule has 4 rings (SSSR count). The van der Waals surface area contributed by atoms with Crippen molar-refractivity contribution in [3.63, 3.8) is 0 Å². The zero-order chi connectivity index (χ0) is 22.6. The number of halogens is 3. The summed E-state index contributed by atoms with van der Waals surface area (Å²) in [5.74, 6) is 1.45. The van der Waals surface area contributed by atoms with E-state index in [1.165, 1.54) is 6.07 Å². The van der Waals surface area contributed by atoms with Gasteiger partial charge in [-0.05, 0) is 53.6 Å². The van der Waals surface area contributed by atoms with Gasteiger partial charge < -0.3 is 15.2 Å². The molecule has 0 aliphatic rings. The van der Waals surface area contributed by atoms with E-state index < -0.39 is 11.7 Å². The van der Waals surface area contributed by atoms with Crippen LogP contribution in [0.4, 0.5) is 18.9 Å². The maximum atomic E-state index is 12.9. The molecule has 4 aromatic rings. The molecule has 2 N–H and O–H groups in total. The Morgan fingerprint density at radius 3 is 2.28 bits per heavy atom. The highest BCUT2D eigenvalue weighted by molar-refractivity contribution is 5.69. The number of para-hydroxylation sites is 1. The summed E-state index contributed by atoms with van der Waals surface area (Å²) in [6.45, 7) is 0.0115. The van der Waals surface area contributed by atoms with Gasteiger partial charge in [0.05, 0.1) is 11.3 Å². The highest BCUT2D eigenvalue weighted by atomic mass is 19.4. The van der Waals surface area contributed by atoms with E-state index in [-0.39, 0.29) is 6.61 Å². The topological polar surface area (TPSA) is 57.4 Å². The number of nitrogens with two attached hydrogens (primary N) is 1. The fraction of sp³-hybridized carbons (Fsp3) is 0.0800. The number of hydrogen-bond acceptors (Lipinski definition) is 4. The maximum Gasteiger partial charge on any atom is 0.416 e. The summed E-state index contributed by atoms with van der Waals surface area (Å²) in [4.78, 5) is 4.31. The van der Waals surface area contributed by atoms with Gasteiger partial charge >= 0.3 is 6.18 Å². The number of rotatable bonds is 6. The standard InChI is InChI=1S/C25H19F3N2O2/c26-25(27,28)20-8-4-6-17(12-20)16-31-22-11-5-7-18(13-22)19-14-23(29)24(30-15-19)32-21-9-2-1-3-10-21/h1-15H,16,29H2. The number of hydrogen-bond donors (Lipinski definition) is 1. The Morgan fingerprint density at radius 1 is 0.781 bits per heavy atom. The smallest absolute Gasteiger partial charge is 0.416 e. The Balaban J connectivity index is 1.48. The number of alkyl halides is 3. The van der Waals surface area contributed by atoms with Crippen molar-refractivity contribution >= 4 is 5.69 Å². The number of pyridine rings is 1. The van der Waals surface area contributed by atoms with E-state index in [9.17, 15) is 13.2 Å². The lowest BCUT2D eigenvalue weighted by molar-refractivity contribution is -0.137. The molecule has 7 heteroatoms. The number of nitrogen functional groups attached to an aromatic ring is 1. The van der Waals surface area contributed by atoms with E-state index in [4.69, 9.17) is 15.2 Å². The molecule has 0 aliphatic heterocycles. The molecule has 0 spiro atoms. The van der Waals surface area contributed by atoms with Crippen LogP contribution in [0.3, 0.4) is 0 Å². The summed E-state index contributed by atoms with van der Waals surface area (Å²) < 4.78 is 50.1. The normalized spacial score (nSPS) is 11.2. The summed E-state index contributed by atoms with van der Waals surface area (Å²) in [5, 5.41) is 0. The monoisotopic (exact) mass is 436 g/mol. The minimum atomic E-state index is -4.39. The molecule has 0 bridgehead atoms. The lowest BCUT2D eigenvalue weighted by Crippen LogP contribution is -2.06. The average molecular weight is 436 g/mol. The molecule has 0 atom stereocenters. The van der Waals surface area contributed by atoms with Gasteiger partial charge in [-0.2, -0.15) is 13.2 Å². The summed E-state index contributed by atoms with van der Waals surface area (Å²) in [7, 11) is 0. The SMILES string of the molecule is Nc1cc(-c2cccc(OCc3cccc(C(F)(F)F)c3)c2)cnc1Oc1ccccc1. The van der Waals surface area contributed by atoms with E-state index in [0.29, 0.717) is 28.6 Å². The Hall–Kier alpha value is -4.00. The number of anilines is 1. The lowest BCUT2D eigenvalue weighted by Gasteiger charge is -2.12. The first-order valence-electron chi connectivity index (χ1n) is 9.76. The number of aromatic nitrogens is 1. The lowest BCUT2D eigenvalue weighted by atomic mass is 10.1. The first-order valence-corrected chi connectivity index (χ1v) is 9.76. The molecule has 1 heterocycles. The molecule has 0 fully saturated rings. The highest BCUT2D eigenvalue weighted by Gasteiger charge is 2.30. The van der Waals surface area contributed by atoms with Crippen molar-refractivity contribution in [3.8, 4) is 28.5 Å². The molecule has 0 amide bonds. The van der Waals surface area contributed by atoms with Gasteiger partial charge in [0.15, 0.2) is 0 Å². The van der Waals surface area contributed by atoms with Crippen molar-refractivity contribution in [3.05, 3.63) is 102 Å². The predicted molar refractivity (Wildman–Crippen MR) is 116 cm³/mol. The van der Waals surface area contributed by atoms with Gasteiger partial charge in [0, 0.05) is 11.8 Å². The molecule has 0 unspecified atom stereocenters. The van der Waals surface area contributed by atoms with Crippen LogP contribution in [0, 0.1) is 0 Å². The summed E-state index contributed by atoms with van der Waals surface area (Å²) in [6.07, 6.45) is -2.75. The third-order valence-corrected chi connectivity index (χ3v) is 4.66. The fourth-order valence-electron chi connectivity index (χ4n) is 3.08. The Bertz CT molecular complexity index is 1210. The van der Waals surface area contributed by atoms with Gasteiger partial charge in [-0.15, -0.1) is 0 Å². The number of benzene rings is 3. The zero-order valence-electron chi connectivity index (χ0n) is 16.8. The molecule has 1 aromatic heterocycles. The minimum absolute atomic E-state index is 0.0115. The van der Waals surface area contributed by atoms with E-state index >= 15 is 0 Å². The highest BCUT2D eigenvalue weighted by Crippen LogP contribution is 2.32. The van der Waals surface area contributed by atoms with E-state index in [1.54, 1.807) is 48.7 Å². The third kappa shape index (κ3) is 5.18. The second-order valence-electron chi connectivity index (χ2n) is 7.05. The van der Waals surface area contributed by atoms with Crippen LogP contribution in [0.2, 0.25) is 0 Å².